The highest BCUT2D eigenvalue weighted by Gasteiger charge is 2.41. The average Bonchev–Trinajstić information content (AvgIpc) is 3.36. The molecule has 1 N–H and O–H groups in total. The van der Waals surface area contributed by atoms with E-state index in [0.717, 1.165) is 40.3 Å². The van der Waals surface area contributed by atoms with Gasteiger partial charge in [-0.2, -0.15) is 23.0 Å². The Hall–Kier alpha value is -5.45. The van der Waals surface area contributed by atoms with Crippen molar-refractivity contribution in [3.63, 3.8) is 0 Å². The number of aromatic nitrogens is 3. The lowest BCUT2D eigenvalue weighted by atomic mass is 9.93. The largest absolute Gasteiger partial charge is 0.416 e. The number of halogens is 3. The number of fused-ring (bicyclic) bond motifs is 4. The zero-order valence-corrected chi connectivity index (χ0v) is 24.1. The highest BCUT2D eigenvalue weighted by Crippen LogP contribution is 2.48. The molecule has 7 rings (SSSR count). The van der Waals surface area contributed by atoms with E-state index in [1.54, 1.807) is 16.9 Å². The Balaban J connectivity index is 1.46. The third-order valence-corrected chi connectivity index (χ3v) is 7.68. The standard InChI is InChI=1S/C33H27F3N8/c1-20-28-29(21-14-16-24(17-15-21)42(2)3)43-26-12-5-4-11-25(26)39-30(38-23-10-8-9-22(19-23)33(34,35)36)32(43)40-31(28)44(41-20)27-13-6-7-18-37-27/h4-19,29H,1-3H3,(H,38,39). The van der Waals surface area contributed by atoms with Crippen molar-refractivity contribution in [1.29, 1.82) is 0 Å². The van der Waals surface area contributed by atoms with Crippen LogP contribution >= 0.6 is 0 Å². The molecule has 2 aromatic heterocycles. The molecule has 0 saturated heterocycles. The zero-order chi connectivity index (χ0) is 30.6. The second-order valence-corrected chi connectivity index (χ2v) is 10.8. The monoisotopic (exact) mass is 592 g/mol. The number of hydrogen-bond acceptors (Lipinski definition) is 7. The number of aliphatic imine (C=N–C) groups is 2. The molecule has 2 aliphatic heterocycles. The zero-order valence-electron chi connectivity index (χ0n) is 24.1. The summed E-state index contributed by atoms with van der Waals surface area (Å²) in [5, 5.41) is 8.02. The maximum Gasteiger partial charge on any atom is 0.416 e. The first-order valence-electron chi connectivity index (χ1n) is 14.0. The molecule has 2 aliphatic rings. The van der Waals surface area contributed by atoms with Gasteiger partial charge >= 0.3 is 6.18 Å². The maximum absolute atomic E-state index is 13.6. The number of rotatable bonds is 4. The van der Waals surface area contributed by atoms with Crippen LogP contribution in [-0.2, 0) is 6.18 Å². The summed E-state index contributed by atoms with van der Waals surface area (Å²) >= 11 is 0. The van der Waals surface area contributed by atoms with E-state index in [1.165, 1.54) is 6.07 Å². The minimum Gasteiger partial charge on any atom is -0.378 e. The Morgan fingerprint density at radius 1 is 0.864 bits per heavy atom. The number of nitrogens with zero attached hydrogens (tertiary/aromatic N) is 7. The minimum atomic E-state index is -4.49. The van der Waals surface area contributed by atoms with Crippen molar-refractivity contribution >= 4 is 40.2 Å². The van der Waals surface area contributed by atoms with Crippen LogP contribution in [0.25, 0.3) is 5.82 Å². The topological polar surface area (TPSA) is 73.9 Å². The molecule has 8 nitrogen and oxygen atoms in total. The fourth-order valence-electron chi connectivity index (χ4n) is 5.62. The minimum absolute atomic E-state index is 0.243. The van der Waals surface area contributed by atoms with Crippen LogP contribution in [0.15, 0.2) is 107 Å². The van der Waals surface area contributed by atoms with E-state index in [4.69, 9.17) is 15.1 Å². The first-order chi connectivity index (χ1) is 21.2. The third kappa shape index (κ3) is 4.66. The number of anilines is 3. The van der Waals surface area contributed by atoms with Crippen LogP contribution in [0.5, 0.6) is 0 Å². The molecule has 3 aromatic carbocycles. The van der Waals surface area contributed by atoms with Gasteiger partial charge in [0.15, 0.2) is 23.3 Å². The highest BCUT2D eigenvalue weighted by atomic mass is 19.4. The molecule has 0 spiro atoms. The average molecular weight is 593 g/mol. The highest BCUT2D eigenvalue weighted by molar-refractivity contribution is 6.51. The molecule has 0 aliphatic carbocycles. The number of para-hydroxylation sites is 2. The van der Waals surface area contributed by atoms with E-state index in [0.29, 0.717) is 29.0 Å². The van der Waals surface area contributed by atoms with Gasteiger partial charge in [-0.15, -0.1) is 0 Å². The lowest BCUT2D eigenvalue weighted by molar-refractivity contribution is -0.137. The van der Waals surface area contributed by atoms with Gasteiger partial charge in [0.1, 0.15) is 0 Å². The molecular formula is C33H27F3N8. The molecule has 0 amide bonds. The van der Waals surface area contributed by atoms with Crippen molar-refractivity contribution in [2.45, 2.75) is 19.1 Å². The van der Waals surface area contributed by atoms with Crippen LogP contribution in [-0.4, -0.2) is 40.5 Å². The van der Waals surface area contributed by atoms with Crippen molar-refractivity contribution in [2.24, 2.45) is 9.98 Å². The predicted molar refractivity (Wildman–Crippen MR) is 167 cm³/mol. The van der Waals surface area contributed by atoms with Crippen LogP contribution in [0, 0.1) is 6.92 Å². The van der Waals surface area contributed by atoms with Crippen molar-refractivity contribution < 1.29 is 13.2 Å². The summed E-state index contributed by atoms with van der Waals surface area (Å²) in [6.45, 7) is 1.95. The normalized spacial score (nSPS) is 15.5. The Morgan fingerprint density at radius 2 is 1.64 bits per heavy atom. The number of pyridine rings is 1. The van der Waals surface area contributed by atoms with E-state index in [-0.39, 0.29) is 11.7 Å². The first-order valence-corrected chi connectivity index (χ1v) is 14.0. The quantitative estimate of drug-likeness (QED) is 0.235. The molecule has 4 heterocycles. The lowest BCUT2D eigenvalue weighted by Crippen LogP contribution is -2.46. The second-order valence-electron chi connectivity index (χ2n) is 10.8. The third-order valence-electron chi connectivity index (χ3n) is 7.68. The van der Waals surface area contributed by atoms with Gasteiger partial charge in [0.2, 0.25) is 0 Å². The van der Waals surface area contributed by atoms with E-state index in [1.807, 2.05) is 68.4 Å². The van der Waals surface area contributed by atoms with Crippen LogP contribution in [0.1, 0.15) is 28.4 Å². The Labute approximate surface area is 251 Å². The summed E-state index contributed by atoms with van der Waals surface area (Å²) < 4.78 is 42.5. The van der Waals surface area contributed by atoms with E-state index in [2.05, 4.69) is 39.5 Å². The SMILES string of the molecule is Cc1nn(-c2ccccn2)c2c1C(c1ccc(N(C)C)cc1)N1C(=N2)C(Nc2cccc(C(F)(F)F)c2)=Nc2ccccc21. The summed E-state index contributed by atoms with van der Waals surface area (Å²) in [5.41, 5.74) is 4.68. The summed E-state index contributed by atoms with van der Waals surface area (Å²) in [6, 6.07) is 26.2. The van der Waals surface area contributed by atoms with Gasteiger partial charge in [-0.25, -0.2) is 15.0 Å². The Bertz CT molecular complexity index is 1930. The molecular weight excluding hydrogens is 565 g/mol. The van der Waals surface area contributed by atoms with Gasteiger partial charge in [-0.05, 0) is 67.1 Å². The van der Waals surface area contributed by atoms with Gasteiger partial charge in [-0.3, -0.25) is 0 Å². The molecule has 220 valence electrons. The van der Waals surface area contributed by atoms with E-state index in [9.17, 15) is 13.2 Å². The Morgan fingerprint density at radius 3 is 2.36 bits per heavy atom. The van der Waals surface area contributed by atoms with Gasteiger partial charge < -0.3 is 15.1 Å². The van der Waals surface area contributed by atoms with E-state index >= 15 is 0 Å². The van der Waals surface area contributed by atoms with Crippen LogP contribution < -0.4 is 15.1 Å². The van der Waals surface area contributed by atoms with Crippen molar-refractivity contribution in [3.05, 3.63) is 120 Å². The molecule has 1 atom stereocenters. The number of benzene rings is 3. The number of alkyl halides is 3. The predicted octanol–water partition coefficient (Wildman–Crippen LogP) is 7.46. The lowest BCUT2D eigenvalue weighted by Gasteiger charge is -2.40. The number of nitrogens with one attached hydrogen (secondary N) is 1. The van der Waals surface area contributed by atoms with E-state index < -0.39 is 11.7 Å². The number of hydrogen-bond donors (Lipinski definition) is 1. The Kier molecular flexibility index (Phi) is 6.45. The molecule has 0 saturated carbocycles. The molecule has 11 heteroatoms. The van der Waals surface area contributed by atoms with Crippen LogP contribution in [0.4, 0.5) is 41.7 Å². The fraction of sp³-hybridized carbons (Fsp3) is 0.152. The maximum atomic E-state index is 13.6. The summed E-state index contributed by atoms with van der Waals surface area (Å²) in [5.74, 6) is 1.94. The molecule has 5 aromatic rings. The smallest absolute Gasteiger partial charge is 0.378 e. The van der Waals surface area contributed by atoms with Crippen molar-refractivity contribution in [1.82, 2.24) is 14.8 Å². The van der Waals surface area contributed by atoms with Crippen molar-refractivity contribution in [2.75, 3.05) is 29.2 Å². The molecule has 44 heavy (non-hydrogen) atoms. The van der Waals surface area contributed by atoms with Gasteiger partial charge in [0, 0.05) is 37.2 Å². The number of amidine groups is 2. The van der Waals surface area contributed by atoms with Gasteiger partial charge in [0.05, 0.1) is 28.7 Å². The summed E-state index contributed by atoms with van der Waals surface area (Å²) in [7, 11) is 3.98. The molecule has 0 bridgehead atoms. The van der Waals surface area contributed by atoms with Gasteiger partial charge in [0.25, 0.3) is 0 Å². The first kappa shape index (κ1) is 27.4. The fourth-order valence-corrected chi connectivity index (χ4v) is 5.62. The van der Waals surface area contributed by atoms with Crippen molar-refractivity contribution in [3.8, 4) is 5.82 Å². The summed E-state index contributed by atoms with van der Waals surface area (Å²) in [6.07, 6.45) is -2.80. The van der Waals surface area contributed by atoms with Gasteiger partial charge in [-0.1, -0.05) is 36.4 Å². The second kappa shape index (κ2) is 10.4. The van der Waals surface area contributed by atoms with Crippen LogP contribution in [0.3, 0.4) is 0 Å². The van der Waals surface area contributed by atoms with Crippen LogP contribution in [0.2, 0.25) is 0 Å². The molecule has 0 fully saturated rings. The number of aryl methyl sites for hydroxylation is 1. The molecule has 0 radical (unpaired) electrons. The summed E-state index contributed by atoms with van der Waals surface area (Å²) in [4.78, 5) is 18.6. The molecule has 1 unspecified atom stereocenters.